The average Bonchev–Trinajstić information content (AvgIpc) is 3.22. The summed E-state index contributed by atoms with van der Waals surface area (Å²) in [6.07, 6.45) is 3.26. The third-order valence-electron chi connectivity index (χ3n) is 9.99. The topological polar surface area (TPSA) is 85.0 Å². The molecule has 5 saturated heterocycles. The van der Waals surface area contributed by atoms with E-state index in [9.17, 15) is 4.79 Å². The number of ether oxygens (including phenoxy) is 7. The lowest BCUT2D eigenvalue weighted by Gasteiger charge is -2.69. The molecule has 180 valence electrons. The average molecular weight is 453 g/mol. The van der Waals surface area contributed by atoms with Crippen molar-refractivity contribution in [3.05, 3.63) is 0 Å². The normalized spacial score (nSPS) is 58.0. The molecule has 0 aromatic rings. The van der Waals surface area contributed by atoms with E-state index < -0.39 is 11.7 Å². The molecule has 12 atom stereocenters. The Morgan fingerprint density at radius 2 is 1.81 bits per heavy atom. The van der Waals surface area contributed by atoms with Crippen molar-refractivity contribution in [2.45, 2.75) is 95.7 Å². The molecule has 32 heavy (non-hydrogen) atoms. The van der Waals surface area contributed by atoms with Crippen molar-refractivity contribution in [1.29, 1.82) is 0 Å². The molecule has 0 aromatic heterocycles. The number of methoxy groups -OCH3 is 2. The molecular weight excluding hydrogens is 416 g/mol. The van der Waals surface area contributed by atoms with E-state index in [-0.39, 0.29) is 59.7 Å². The smallest absolute Gasteiger partial charge is 0.302 e. The van der Waals surface area contributed by atoms with Crippen LogP contribution in [0.25, 0.3) is 0 Å². The zero-order valence-electron chi connectivity index (χ0n) is 19.7. The van der Waals surface area contributed by atoms with Gasteiger partial charge in [-0.15, -0.1) is 0 Å². The van der Waals surface area contributed by atoms with Crippen LogP contribution in [0.5, 0.6) is 0 Å². The summed E-state index contributed by atoms with van der Waals surface area (Å²) in [5.74, 6) is 0.558. The second-order valence-corrected chi connectivity index (χ2v) is 11.2. The van der Waals surface area contributed by atoms with Crippen molar-refractivity contribution >= 4 is 5.97 Å². The highest BCUT2D eigenvalue weighted by molar-refractivity contribution is 5.66. The van der Waals surface area contributed by atoms with Crippen molar-refractivity contribution in [3.8, 4) is 0 Å². The third kappa shape index (κ3) is 2.62. The van der Waals surface area contributed by atoms with Gasteiger partial charge in [0.25, 0.3) is 0 Å². The molecule has 2 unspecified atom stereocenters. The number of esters is 1. The van der Waals surface area contributed by atoms with E-state index in [1.807, 2.05) is 0 Å². The predicted molar refractivity (Wildman–Crippen MR) is 110 cm³/mol. The standard InChI is InChI=1S/C24H36O8/c1-12-6-18(29-13(2)25)24-16(9-15(30-21(24)27-5)10-23(24)11-28-23)22(12,3)17-7-14-8-19(26-4)32-20(14)31-17/h12,14-21H,6-11H2,1-5H3/t12-,14+,15-,16-,17+,18+,19?,20-,21?,22+,23+,24+/m1/s1. The number of carbonyl (C=O) groups excluding carboxylic acids is 1. The second-order valence-electron chi connectivity index (χ2n) is 11.2. The van der Waals surface area contributed by atoms with Crippen molar-refractivity contribution < 1.29 is 38.0 Å². The Balaban J connectivity index is 1.41. The fourth-order valence-corrected chi connectivity index (χ4v) is 8.39. The van der Waals surface area contributed by atoms with E-state index >= 15 is 0 Å². The van der Waals surface area contributed by atoms with Gasteiger partial charge in [0, 0.05) is 45.3 Å². The van der Waals surface area contributed by atoms with E-state index in [0.29, 0.717) is 12.5 Å². The Hall–Kier alpha value is -0.770. The van der Waals surface area contributed by atoms with Crippen LogP contribution >= 0.6 is 0 Å². The van der Waals surface area contributed by atoms with Crippen LogP contribution in [0.3, 0.4) is 0 Å². The van der Waals surface area contributed by atoms with Crippen LogP contribution in [0.1, 0.15) is 52.9 Å². The highest BCUT2D eigenvalue weighted by Crippen LogP contribution is 2.74. The fourth-order valence-electron chi connectivity index (χ4n) is 8.39. The Bertz CT molecular complexity index is 770. The van der Waals surface area contributed by atoms with Crippen molar-refractivity contribution in [3.63, 3.8) is 0 Å². The first-order valence-corrected chi connectivity index (χ1v) is 12.1. The Labute approximate surface area is 189 Å². The molecule has 2 aliphatic carbocycles. The zero-order chi connectivity index (χ0) is 22.5. The highest BCUT2D eigenvalue weighted by atomic mass is 16.8. The minimum Gasteiger partial charge on any atom is -0.462 e. The first kappa shape index (κ1) is 21.7. The number of hydrogen-bond acceptors (Lipinski definition) is 8. The van der Waals surface area contributed by atoms with Crippen LogP contribution in [-0.4, -0.2) is 69.6 Å². The summed E-state index contributed by atoms with van der Waals surface area (Å²) < 4.78 is 42.7. The molecule has 0 radical (unpaired) electrons. The Kier molecular flexibility index (Phi) is 4.84. The zero-order valence-corrected chi connectivity index (χ0v) is 19.7. The summed E-state index contributed by atoms with van der Waals surface area (Å²) in [7, 11) is 3.38. The molecule has 0 aromatic carbocycles. The maximum absolute atomic E-state index is 12.2. The molecule has 5 heterocycles. The minimum atomic E-state index is -0.541. The first-order chi connectivity index (χ1) is 15.3. The van der Waals surface area contributed by atoms with Gasteiger partial charge in [0.1, 0.15) is 11.7 Å². The molecule has 8 heteroatoms. The highest BCUT2D eigenvalue weighted by Gasteiger charge is 2.82. The number of carbonyl (C=O) groups is 1. The van der Waals surface area contributed by atoms with Gasteiger partial charge in [0.15, 0.2) is 18.9 Å². The Morgan fingerprint density at radius 1 is 1.03 bits per heavy atom. The Morgan fingerprint density at radius 3 is 2.44 bits per heavy atom. The molecule has 2 bridgehead atoms. The molecule has 2 spiro atoms. The van der Waals surface area contributed by atoms with Crippen molar-refractivity contribution in [2.24, 2.45) is 28.6 Å². The molecule has 8 nitrogen and oxygen atoms in total. The van der Waals surface area contributed by atoms with Crippen LogP contribution < -0.4 is 0 Å². The van der Waals surface area contributed by atoms with Gasteiger partial charge in [-0.1, -0.05) is 13.8 Å². The predicted octanol–water partition coefficient (Wildman–Crippen LogP) is 2.62. The van der Waals surface area contributed by atoms with Gasteiger partial charge in [0.05, 0.1) is 24.2 Å². The summed E-state index contributed by atoms with van der Waals surface area (Å²) in [4.78, 5) is 12.2. The van der Waals surface area contributed by atoms with Gasteiger partial charge in [0.2, 0.25) is 0 Å². The van der Waals surface area contributed by atoms with Crippen LogP contribution in [0.2, 0.25) is 0 Å². The van der Waals surface area contributed by atoms with Crippen LogP contribution in [-0.2, 0) is 38.0 Å². The summed E-state index contributed by atoms with van der Waals surface area (Å²) in [5, 5.41) is 0. The second kappa shape index (κ2) is 7.12. The quantitative estimate of drug-likeness (QED) is 0.475. The van der Waals surface area contributed by atoms with Gasteiger partial charge >= 0.3 is 5.97 Å². The van der Waals surface area contributed by atoms with Gasteiger partial charge < -0.3 is 33.2 Å². The molecular formula is C24H36O8. The largest absolute Gasteiger partial charge is 0.462 e. The van der Waals surface area contributed by atoms with Crippen LogP contribution in [0.15, 0.2) is 0 Å². The molecule has 7 aliphatic rings. The van der Waals surface area contributed by atoms with Crippen molar-refractivity contribution in [1.82, 2.24) is 0 Å². The van der Waals surface area contributed by atoms with Gasteiger partial charge in [-0.05, 0) is 31.1 Å². The molecule has 7 fully saturated rings. The van der Waals surface area contributed by atoms with Gasteiger partial charge in [-0.3, -0.25) is 4.79 Å². The summed E-state index contributed by atoms with van der Waals surface area (Å²) >= 11 is 0. The molecule has 2 saturated carbocycles. The van der Waals surface area contributed by atoms with E-state index in [1.54, 1.807) is 14.2 Å². The lowest BCUT2D eigenvalue weighted by molar-refractivity contribution is -0.380. The molecule has 0 amide bonds. The third-order valence-corrected chi connectivity index (χ3v) is 9.99. The monoisotopic (exact) mass is 452 g/mol. The van der Waals surface area contributed by atoms with Gasteiger partial charge in [-0.25, -0.2) is 0 Å². The van der Waals surface area contributed by atoms with Crippen LogP contribution in [0.4, 0.5) is 0 Å². The lowest BCUT2D eigenvalue weighted by atomic mass is 9.40. The molecule has 0 N–H and O–H groups in total. The fraction of sp³-hybridized carbons (Fsp3) is 0.958. The SMILES string of the molecule is COC1C[C@@H]2C[C@@H]([C@@]3(C)[C@H](C)C[C@H](OC(C)=O)[C@]45C(OC)O[C@H](C[C@H]34)C[C@]53CO3)O[C@@H]2O1. The number of epoxide rings is 1. The van der Waals surface area contributed by atoms with E-state index in [1.165, 1.54) is 6.92 Å². The summed E-state index contributed by atoms with van der Waals surface area (Å²) in [5.41, 5.74) is -1.04. The minimum absolute atomic E-state index is 0.0538. The maximum Gasteiger partial charge on any atom is 0.302 e. The number of fused-ring (bicyclic) bond motifs is 2. The first-order valence-electron chi connectivity index (χ1n) is 12.1. The molecule has 5 aliphatic heterocycles. The van der Waals surface area contributed by atoms with Crippen molar-refractivity contribution in [2.75, 3.05) is 20.8 Å². The maximum atomic E-state index is 12.2. The van der Waals surface area contributed by atoms with Crippen LogP contribution in [0, 0.1) is 28.6 Å². The van der Waals surface area contributed by atoms with E-state index in [2.05, 4.69) is 13.8 Å². The summed E-state index contributed by atoms with van der Waals surface area (Å²) in [6, 6.07) is 0. The van der Waals surface area contributed by atoms with E-state index in [4.69, 9.17) is 33.2 Å². The number of rotatable bonds is 4. The van der Waals surface area contributed by atoms with Gasteiger partial charge in [-0.2, -0.15) is 0 Å². The number of hydrogen-bond donors (Lipinski definition) is 0. The lowest BCUT2D eigenvalue weighted by Crippen LogP contribution is -2.76. The molecule has 7 rings (SSSR count). The van der Waals surface area contributed by atoms with E-state index in [0.717, 1.165) is 32.1 Å². The summed E-state index contributed by atoms with van der Waals surface area (Å²) in [6.45, 7) is 6.81.